The summed E-state index contributed by atoms with van der Waals surface area (Å²) in [6, 6.07) is 10.2. The third kappa shape index (κ3) is 5.06. The second-order valence-corrected chi connectivity index (χ2v) is 7.65. The smallest absolute Gasteiger partial charge is 0.224 e. The van der Waals surface area contributed by atoms with E-state index < -0.39 is 0 Å². The Morgan fingerprint density at radius 2 is 2.04 bits per heavy atom. The van der Waals surface area contributed by atoms with Crippen LogP contribution >= 0.6 is 11.3 Å². The highest BCUT2D eigenvalue weighted by Gasteiger charge is 2.21. The van der Waals surface area contributed by atoms with E-state index in [2.05, 4.69) is 35.4 Å². The summed E-state index contributed by atoms with van der Waals surface area (Å²) in [6.45, 7) is 5.91. The second kappa shape index (κ2) is 8.50. The van der Waals surface area contributed by atoms with Crippen molar-refractivity contribution in [2.75, 3.05) is 33.3 Å². The Morgan fingerprint density at radius 3 is 2.84 bits per heavy atom. The molecule has 0 radical (unpaired) electrons. The summed E-state index contributed by atoms with van der Waals surface area (Å²) in [7, 11) is 2.04. The molecule has 0 spiro atoms. The van der Waals surface area contributed by atoms with Gasteiger partial charge in [-0.3, -0.25) is 4.79 Å². The van der Waals surface area contributed by atoms with Crippen LogP contribution in [0, 0.1) is 6.92 Å². The maximum Gasteiger partial charge on any atom is 0.224 e. The summed E-state index contributed by atoms with van der Waals surface area (Å²) in [5, 5.41) is 2.13. The number of nitrogens with zero attached hydrogens (tertiary/aromatic N) is 2. The first kappa shape index (κ1) is 18.0. The predicted molar refractivity (Wildman–Crippen MR) is 102 cm³/mol. The Labute approximate surface area is 154 Å². The fourth-order valence-corrected chi connectivity index (χ4v) is 3.86. The fourth-order valence-electron chi connectivity index (χ4n) is 2.97. The Hall–Kier alpha value is -1.85. The monoisotopic (exact) mass is 358 g/mol. The maximum atomic E-state index is 12.4. The molecule has 2 aromatic rings. The zero-order valence-corrected chi connectivity index (χ0v) is 15.8. The standard InChI is InChI=1S/C20H26N2O2S/c1-16-3-5-18(6-4-16)24-13-12-21(2)10-8-20(23)22-11-7-19-17(15-22)9-14-25-19/h3-6,9,14H,7-8,10-13,15H2,1-2H3. The topological polar surface area (TPSA) is 32.8 Å². The molecule has 4 nitrogen and oxygen atoms in total. The number of aryl methyl sites for hydroxylation is 1. The minimum absolute atomic E-state index is 0.253. The van der Waals surface area contributed by atoms with Crippen LogP contribution in [-0.4, -0.2) is 49.0 Å². The van der Waals surface area contributed by atoms with Gasteiger partial charge in [0.1, 0.15) is 12.4 Å². The lowest BCUT2D eigenvalue weighted by molar-refractivity contribution is -0.132. The van der Waals surface area contributed by atoms with E-state index in [-0.39, 0.29) is 5.91 Å². The molecule has 1 aliphatic heterocycles. The van der Waals surface area contributed by atoms with Gasteiger partial charge in [-0.2, -0.15) is 0 Å². The molecule has 25 heavy (non-hydrogen) atoms. The van der Waals surface area contributed by atoms with E-state index in [0.717, 1.165) is 38.3 Å². The van der Waals surface area contributed by atoms with E-state index in [4.69, 9.17) is 4.74 Å². The van der Waals surface area contributed by atoms with Crippen molar-refractivity contribution in [2.45, 2.75) is 26.3 Å². The number of thiophene rings is 1. The van der Waals surface area contributed by atoms with Gasteiger partial charge in [0.15, 0.2) is 0 Å². The van der Waals surface area contributed by atoms with E-state index in [1.807, 2.05) is 24.1 Å². The highest BCUT2D eigenvalue weighted by atomic mass is 32.1. The number of rotatable bonds is 7. The predicted octanol–water partition coefficient (Wildman–Crippen LogP) is 3.34. The first-order valence-electron chi connectivity index (χ1n) is 8.83. The van der Waals surface area contributed by atoms with Gasteiger partial charge >= 0.3 is 0 Å². The largest absolute Gasteiger partial charge is 0.492 e. The van der Waals surface area contributed by atoms with Crippen LogP contribution in [0.1, 0.15) is 22.4 Å². The van der Waals surface area contributed by atoms with E-state index in [1.54, 1.807) is 11.3 Å². The van der Waals surface area contributed by atoms with Gasteiger partial charge in [0, 0.05) is 37.5 Å². The molecule has 0 saturated carbocycles. The SMILES string of the molecule is Cc1ccc(OCCN(C)CCC(=O)N2CCc3sccc3C2)cc1. The van der Waals surface area contributed by atoms with Crippen LogP contribution in [0.3, 0.4) is 0 Å². The molecule has 0 unspecified atom stereocenters. The van der Waals surface area contributed by atoms with Crippen molar-refractivity contribution in [3.8, 4) is 5.75 Å². The minimum Gasteiger partial charge on any atom is -0.492 e. The number of benzene rings is 1. The van der Waals surface area contributed by atoms with Gasteiger partial charge in [0.25, 0.3) is 0 Å². The summed E-state index contributed by atoms with van der Waals surface area (Å²) in [4.78, 5) is 18.0. The van der Waals surface area contributed by atoms with Crippen LogP contribution in [0.4, 0.5) is 0 Å². The molecule has 1 aromatic heterocycles. The Morgan fingerprint density at radius 1 is 1.24 bits per heavy atom. The molecule has 1 aromatic carbocycles. The Kier molecular flexibility index (Phi) is 6.10. The molecule has 1 aliphatic rings. The van der Waals surface area contributed by atoms with Crippen molar-refractivity contribution in [3.05, 3.63) is 51.7 Å². The summed E-state index contributed by atoms with van der Waals surface area (Å²) in [5.74, 6) is 1.15. The number of fused-ring (bicyclic) bond motifs is 1. The molecule has 134 valence electrons. The summed E-state index contributed by atoms with van der Waals surface area (Å²) in [5.41, 5.74) is 2.56. The van der Waals surface area contributed by atoms with Gasteiger partial charge in [-0.1, -0.05) is 17.7 Å². The zero-order chi connectivity index (χ0) is 17.6. The molecular formula is C20H26N2O2S. The third-order valence-electron chi connectivity index (χ3n) is 4.63. The maximum absolute atomic E-state index is 12.4. The van der Waals surface area contributed by atoms with E-state index in [0.29, 0.717) is 13.0 Å². The molecule has 0 saturated heterocycles. The number of amides is 1. The molecule has 0 N–H and O–H groups in total. The van der Waals surface area contributed by atoms with Crippen LogP contribution in [0.15, 0.2) is 35.7 Å². The van der Waals surface area contributed by atoms with Gasteiger partial charge in [0.2, 0.25) is 5.91 Å². The average Bonchev–Trinajstić information content (AvgIpc) is 3.09. The van der Waals surface area contributed by atoms with Crippen molar-refractivity contribution < 1.29 is 9.53 Å². The van der Waals surface area contributed by atoms with E-state index >= 15 is 0 Å². The van der Waals surface area contributed by atoms with Gasteiger partial charge in [-0.25, -0.2) is 0 Å². The second-order valence-electron chi connectivity index (χ2n) is 6.65. The molecule has 2 heterocycles. The lowest BCUT2D eigenvalue weighted by atomic mass is 10.1. The average molecular weight is 359 g/mol. The quantitative estimate of drug-likeness (QED) is 0.761. The lowest BCUT2D eigenvalue weighted by Gasteiger charge is -2.28. The molecule has 3 rings (SSSR count). The van der Waals surface area contributed by atoms with E-state index in [9.17, 15) is 4.79 Å². The molecule has 5 heteroatoms. The van der Waals surface area contributed by atoms with Crippen molar-refractivity contribution in [1.29, 1.82) is 0 Å². The molecule has 0 aliphatic carbocycles. The zero-order valence-electron chi connectivity index (χ0n) is 15.0. The number of ether oxygens (including phenoxy) is 1. The van der Waals surface area contributed by atoms with Crippen LogP contribution in [0.2, 0.25) is 0 Å². The van der Waals surface area contributed by atoms with Crippen LogP contribution in [0.5, 0.6) is 5.75 Å². The molecular weight excluding hydrogens is 332 g/mol. The summed E-state index contributed by atoms with van der Waals surface area (Å²) >= 11 is 1.81. The minimum atomic E-state index is 0.253. The number of carbonyl (C=O) groups is 1. The summed E-state index contributed by atoms with van der Waals surface area (Å²) < 4.78 is 5.75. The molecule has 0 atom stereocenters. The third-order valence-corrected chi connectivity index (χ3v) is 5.65. The van der Waals surface area contributed by atoms with Crippen molar-refractivity contribution >= 4 is 17.2 Å². The van der Waals surface area contributed by atoms with Gasteiger partial charge < -0.3 is 14.5 Å². The van der Waals surface area contributed by atoms with Gasteiger partial charge in [-0.15, -0.1) is 11.3 Å². The highest BCUT2D eigenvalue weighted by molar-refractivity contribution is 7.10. The first-order chi connectivity index (χ1) is 12.1. The highest BCUT2D eigenvalue weighted by Crippen LogP contribution is 2.24. The Balaban J connectivity index is 1.35. The van der Waals surface area contributed by atoms with Gasteiger partial charge in [0.05, 0.1) is 0 Å². The normalized spacial score (nSPS) is 13.8. The van der Waals surface area contributed by atoms with Crippen molar-refractivity contribution in [1.82, 2.24) is 9.80 Å². The van der Waals surface area contributed by atoms with Crippen LogP contribution < -0.4 is 4.74 Å². The molecule has 0 fully saturated rings. The molecule has 1 amide bonds. The molecule has 0 bridgehead atoms. The number of hydrogen-bond acceptors (Lipinski definition) is 4. The van der Waals surface area contributed by atoms with Gasteiger partial charge in [-0.05, 0) is 49.5 Å². The van der Waals surface area contributed by atoms with E-state index in [1.165, 1.54) is 16.0 Å². The van der Waals surface area contributed by atoms with Crippen molar-refractivity contribution in [2.24, 2.45) is 0 Å². The number of likely N-dealkylation sites (N-methyl/N-ethyl adjacent to an activating group) is 1. The lowest BCUT2D eigenvalue weighted by Crippen LogP contribution is -2.37. The van der Waals surface area contributed by atoms with Crippen LogP contribution in [-0.2, 0) is 17.8 Å². The first-order valence-corrected chi connectivity index (χ1v) is 9.71. The fraction of sp³-hybridized carbons (Fsp3) is 0.450. The number of hydrogen-bond donors (Lipinski definition) is 0. The number of carbonyl (C=O) groups excluding carboxylic acids is 1. The Bertz CT molecular complexity index is 696. The van der Waals surface area contributed by atoms with Crippen molar-refractivity contribution in [3.63, 3.8) is 0 Å². The summed E-state index contributed by atoms with van der Waals surface area (Å²) in [6.07, 6.45) is 1.57. The van der Waals surface area contributed by atoms with Crippen LogP contribution in [0.25, 0.3) is 0 Å².